The van der Waals surface area contributed by atoms with E-state index in [9.17, 15) is 4.79 Å². The number of hydrogen-bond donors (Lipinski definition) is 0. The van der Waals surface area contributed by atoms with Crippen molar-refractivity contribution in [2.24, 2.45) is 16.9 Å². The lowest BCUT2D eigenvalue weighted by molar-refractivity contribution is -0.127. The highest BCUT2D eigenvalue weighted by Gasteiger charge is 2.38. The zero-order valence-electron chi connectivity index (χ0n) is 17.8. The van der Waals surface area contributed by atoms with Gasteiger partial charge in [0.2, 0.25) is 0 Å². The van der Waals surface area contributed by atoms with Crippen LogP contribution in [0.15, 0.2) is 47.6 Å². The van der Waals surface area contributed by atoms with Crippen LogP contribution in [0.1, 0.15) is 50.1 Å². The lowest BCUT2D eigenvalue weighted by atomic mass is 9.75. The van der Waals surface area contributed by atoms with E-state index in [0.29, 0.717) is 33.1 Å². The molecular formula is C25H26Cl3N3O. The summed E-state index contributed by atoms with van der Waals surface area (Å²) < 4.78 is 0. The van der Waals surface area contributed by atoms with Gasteiger partial charge in [-0.1, -0.05) is 66.2 Å². The van der Waals surface area contributed by atoms with Crippen LogP contribution >= 0.6 is 34.8 Å². The fourth-order valence-corrected chi connectivity index (χ4v) is 6.06. The standard InChI is InChI=1S/C25H26Cl3N3O/c26-19-7-5-17(6-8-19)24-14-22(29-31(24)23-10-9-20(27)13-21(23)28)25(32)30-12-11-16-3-1-2-4-18(16)15-30/h5-10,13,16,18,24H,1-4,11-12,14-15H2. The minimum atomic E-state index is -0.128. The summed E-state index contributed by atoms with van der Waals surface area (Å²) in [4.78, 5) is 15.5. The van der Waals surface area contributed by atoms with Crippen molar-refractivity contribution < 1.29 is 4.79 Å². The molecule has 32 heavy (non-hydrogen) atoms. The minimum absolute atomic E-state index is 0.0561. The first kappa shape index (κ1) is 22.1. The van der Waals surface area contributed by atoms with Crippen LogP contribution in [-0.4, -0.2) is 29.6 Å². The molecule has 2 aromatic carbocycles. The molecule has 168 valence electrons. The molecule has 4 nitrogen and oxygen atoms in total. The smallest absolute Gasteiger partial charge is 0.270 e. The lowest BCUT2D eigenvalue weighted by Crippen LogP contribution is -2.47. The van der Waals surface area contributed by atoms with Gasteiger partial charge in [-0.05, 0) is 60.6 Å². The van der Waals surface area contributed by atoms with Crippen LogP contribution in [0.2, 0.25) is 15.1 Å². The summed E-state index contributed by atoms with van der Waals surface area (Å²) in [6.07, 6.45) is 6.81. The topological polar surface area (TPSA) is 35.9 Å². The maximum Gasteiger partial charge on any atom is 0.270 e. The van der Waals surface area contributed by atoms with E-state index in [1.165, 1.54) is 25.7 Å². The van der Waals surface area contributed by atoms with Gasteiger partial charge >= 0.3 is 0 Å². The van der Waals surface area contributed by atoms with Crippen LogP contribution in [-0.2, 0) is 4.79 Å². The van der Waals surface area contributed by atoms with Crippen molar-refractivity contribution in [2.75, 3.05) is 18.1 Å². The average Bonchev–Trinajstić information content (AvgIpc) is 3.24. The number of benzene rings is 2. The van der Waals surface area contributed by atoms with Gasteiger partial charge in [0.1, 0.15) is 5.71 Å². The Labute approximate surface area is 204 Å². The monoisotopic (exact) mass is 489 g/mol. The summed E-state index contributed by atoms with van der Waals surface area (Å²) in [5.74, 6) is 1.47. The van der Waals surface area contributed by atoms with Crippen LogP contribution in [0.3, 0.4) is 0 Å². The number of hydrazone groups is 1. The highest BCUT2D eigenvalue weighted by Crippen LogP contribution is 2.41. The van der Waals surface area contributed by atoms with Crippen molar-refractivity contribution in [3.8, 4) is 0 Å². The Balaban J connectivity index is 1.43. The molecule has 1 amide bonds. The summed E-state index contributed by atoms with van der Waals surface area (Å²) >= 11 is 18.8. The van der Waals surface area contributed by atoms with Crippen LogP contribution in [0.5, 0.6) is 0 Å². The van der Waals surface area contributed by atoms with Gasteiger partial charge in [-0.3, -0.25) is 9.80 Å². The first-order chi connectivity index (χ1) is 15.5. The van der Waals surface area contributed by atoms with E-state index >= 15 is 0 Å². The van der Waals surface area contributed by atoms with E-state index in [0.717, 1.165) is 36.7 Å². The van der Waals surface area contributed by atoms with E-state index in [-0.39, 0.29) is 11.9 Å². The molecule has 2 heterocycles. The quantitative estimate of drug-likeness (QED) is 0.464. The van der Waals surface area contributed by atoms with Crippen LogP contribution < -0.4 is 5.01 Å². The summed E-state index contributed by atoms with van der Waals surface area (Å²) in [5.41, 5.74) is 2.37. The number of carbonyl (C=O) groups excluding carboxylic acids is 1. The van der Waals surface area contributed by atoms with Gasteiger partial charge in [0.05, 0.1) is 16.8 Å². The molecule has 3 aliphatic rings. The van der Waals surface area contributed by atoms with Gasteiger partial charge in [0, 0.05) is 29.6 Å². The highest BCUT2D eigenvalue weighted by atomic mass is 35.5. The Kier molecular flexibility index (Phi) is 6.37. The van der Waals surface area contributed by atoms with E-state index in [2.05, 4.69) is 0 Å². The van der Waals surface area contributed by atoms with Gasteiger partial charge in [-0.2, -0.15) is 5.10 Å². The molecule has 2 aromatic rings. The van der Waals surface area contributed by atoms with E-state index in [1.807, 2.05) is 40.2 Å². The molecule has 3 unspecified atom stereocenters. The first-order valence-electron chi connectivity index (χ1n) is 11.4. The second kappa shape index (κ2) is 9.24. The molecule has 0 spiro atoms. The highest BCUT2D eigenvalue weighted by molar-refractivity contribution is 6.40. The second-order valence-electron chi connectivity index (χ2n) is 9.10. The fourth-order valence-electron chi connectivity index (χ4n) is 5.44. The molecule has 1 saturated heterocycles. The summed E-state index contributed by atoms with van der Waals surface area (Å²) in [5, 5.41) is 8.42. The number of rotatable bonds is 3. The zero-order valence-corrected chi connectivity index (χ0v) is 20.1. The van der Waals surface area contributed by atoms with Crippen molar-refractivity contribution in [3.05, 3.63) is 63.1 Å². The number of halogens is 3. The second-order valence-corrected chi connectivity index (χ2v) is 10.4. The number of hydrogen-bond acceptors (Lipinski definition) is 3. The Bertz CT molecular complexity index is 1040. The van der Waals surface area contributed by atoms with Gasteiger partial charge < -0.3 is 4.90 Å². The number of anilines is 1. The Morgan fingerprint density at radius 2 is 1.62 bits per heavy atom. The molecule has 0 N–H and O–H groups in total. The van der Waals surface area contributed by atoms with E-state index in [4.69, 9.17) is 39.9 Å². The first-order valence-corrected chi connectivity index (χ1v) is 12.5. The number of piperidine rings is 1. The molecular weight excluding hydrogens is 465 g/mol. The van der Waals surface area contributed by atoms with Crippen LogP contribution in [0.25, 0.3) is 0 Å². The molecule has 2 fully saturated rings. The Morgan fingerprint density at radius 3 is 2.38 bits per heavy atom. The molecule has 1 aliphatic carbocycles. The predicted molar refractivity (Wildman–Crippen MR) is 132 cm³/mol. The number of nitrogens with zero attached hydrogens (tertiary/aromatic N) is 3. The number of fused-ring (bicyclic) bond motifs is 1. The molecule has 2 aliphatic heterocycles. The van der Waals surface area contributed by atoms with Crippen LogP contribution in [0, 0.1) is 11.8 Å². The van der Waals surface area contributed by atoms with Crippen LogP contribution in [0.4, 0.5) is 5.69 Å². The third-order valence-corrected chi connectivity index (χ3v) is 7.94. The maximum atomic E-state index is 13.5. The molecule has 0 radical (unpaired) electrons. The number of carbonyl (C=O) groups is 1. The SMILES string of the molecule is O=C(C1=NN(c2ccc(Cl)cc2Cl)C(c2ccc(Cl)cc2)C1)N1CCC2CCCCC2C1. The molecule has 5 rings (SSSR count). The Hall–Kier alpha value is -1.75. The van der Waals surface area contributed by atoms with Gasteiger partial charge in [0.25, 0.3) is 5.91 Å². The van der Waals surface area contributed by atoms with Crippen molar-refractivity contribution >= 4 is 52.1 Å². The summed E-state index contributed by atoms with van der Waals surface area (Å²) in [7, 11) is 0. The molecule has 7 heteroatoms. The molecule has 1 saturated carbocycles. The Morgan fingerprint density at radius 1 is 0.906 bits per heavy atom. The molecule has 3 atom stereocenters. The minimum Gasteiger partial charge on any atom is -0.337 e. The van der Waals surface area contributed by atoms with E-state index in [1.54, 1.807) is 12.1 Å². The number of amides is 1. The van der Waals surface area contributed by atoms with Crippen molar-refractivity contribution in [3.63, 3.8) is 0 Å². The normalized spacial score (nSPS) is 25.5. The molecule has 0 aromatic heterocycles. The maximum absolute atomic E-state index is 13.5. The van der Waals surface area contributed by atoms with Crippen molar-refractivity contribution in [2.45, 2.75) is 44.6 Å². The predicted octanol–water partition coefficient (Wildman–Crippen LogP) is 6.99. The van der Waals surface area contributed by atoms with Gasteiger partial charge in [0.15, 0.2) is 0 Å². The fraction of sp³-hybridized carbons (Fsp3) is 0.440. The lowest BCUT2D eigenvalue weighted by Gasteiger charge is -2.41. The van der Waals surface area contributed by atoms with Crippen molar-refractivity contribution in [1.29, 1.82) is 0 Å². The number of likely N-dealkylation sites (tertiary alicyclic amines) is 1. The molecule has 0 bridgehead atoms. The summed E-state index contributed by atoms with van der Waals surface area (Å²) in [6.45, 7) is 1.68. The summed E-state index contributed by atoms with van der Waals surface area (Å²) in [6, 6.07) is 12.9. The van der Waals surface area contributed by atoms with Gasteiger partial charge in [-0.15, -0.1) is 0 Å². The van der Waals surface area contributed by atoms with E-state index < -0.39 is 0 Å². The van der Waals surface area contributed by atoms with Crippen molar-refractivity contribution in [1.82, 2.24) is 4.90 Å². The largest absolute Gasteiger partial charge is 0.337 e. The third kappa shape index (κ3) is 4.37. The van der Waals surface area contributed by atoms with Gasteiger partial charge in [-0.25, -0.2) is 0 Å². The average molecular weight is 491 g/mol. The zero-order chi connectivity index (χ0) is 22.2. The third-order valence-electron chi connectivity index (χ3n) is 7.15.